The molecule has 5 aliphatic rings. The molecule has 13 rings (SSSR count). The first-order valence-corrected chi connectivity index (χ1v) is 23.9. The molecule has 5 aliphatic carbocycles. The predicted octanol–water partition coefficient (Wildman–Crippen LogP) is 16.8. The van der Waals surface area contributed by atoms with Crippen molar-refractivity contribution in [2.24, 2.45) is 11.8 Å². The van der Waals surface area contributed by atoms with Crippen LogP contribution in [-0.4, -0.2) is 0 Å². The van der Waals surface area contributed by atoms with Gasteiger partial charge in [0.2, 0.25) is 0 Å². The van der Waals surface area contributed by atoms with Gasteiger partial charge in [0, 0.05) is 17.1 Å². The molecule has 1 nitrogen and oxygen atoms in total. The van der Waals surface area contributed by atoms with E-state index >= 15 is 0 Å². The molecule has 2 bridgehead atoms. The zero-order chi connectivity index (χ0) is 41.5. The summed E-state index contributed by atoms with van der Waals surface area (Å²) in [5, 5.41) is 0. The number of hydrogen-bond donors (Lipinski definition) is 0. The third-order valence-electron chi connectivity index (χ3n) is 16.2. The zero-order valence-electron chi connectivity index (χ0n) is 36.0. The van der Waals surface area contributed by atoms with Crippen LogP contribution in [0.15, 0.2) is 188 Å². The third-order valence-corrected chi connectivity index (χ3v) is 16.2. The Labute approximate surface area is 373 Å². The topological polar surface area (TPSA) is 3.24 Å². The molecule has 1 heteroatoms. The smallest absolute Gasteiger partial charge is 0.0726 e. The van der Waals surface area contributed by atoms with Crippen LogP contribution >= 0.6 is 0 Å². The second-order valence-electron chi connectivity index (χ2n) is 19.4. The summed E-state index contributed by atoms with van der Waals surface area (Å²) in [4.78, 5) is 2.51. The summed E-state index contributed by atoms with van der Waals surface area (Å²) in [6.45, 7) is 0. The van der Waals surface area contributed by atoms with Crippen LogP contribution < -0.4 is 4.90 Å². The van der Waals surface area contributed by atoms with Gasteiger partial charge >= 0.3 is 0 Å². The average molecular weight is 812 g/mol. The van der Waals surface area contributed by atoms with E-state index in [9.17, 15) is 0 Å². The lowest BCUT2D eigenvalue weighted by atomic mass is 9.70. The van der Waals surface area contributed by atoms with Gasteiger partial charge in [-0.1, -0.05) is 177 Å². The monoisotopic (exact) mass is 811 g/mol. The molecule has 0 aliphatic heterocycles. The molecule has 0 heterocycles. The molecule has 1 spiro atoms. The molecule has 3 atom stereocenters. The summed E-state index contributed by atoms with van der Waals surface area (Å²) in [7, 11) is 0. The fourth-order valence-corrected chi connectivity index (χ4v) is 13.3. The highest BCUT2D eigenvalue weighted by molar-refractivity contribution is 5.96. The van der Waals surface area contributed by atoms with Crippen LogP contribution in [0.1, 0.15) is 103 Å². The fraction of sp³-hybridized carbons (Fsp3) is 0.226. The van der Waals surface area contributed by atoms with Gasteiger partial charge in [-0.15, -0.1) is 0 Å². The third kappa shape index (κ3) is 5.81. The van der Waals surface area contributed by atoms with Crippen molar-refractivity contribution in [3.63, 3.8) is 0 Å². The number of rotatable bonds is 7. The normalized spacial score (nSPS) is 20.0. The lowest BCUT2D eigenvalue weighted by molar-refractivity contribution is 0.420. The van der Waals surface area contributed by atoms with Gasteiger partial charge in [0.25, 0.3) is 0 Å². The first kappa shape index (κ1) is 37.1. The molecule has 8 aromatic carbocycles. The Hall–Kier alpha value is -6.44. The second-order valence-corrected chi connectivity index (χ2v) is 19.4. The quantitative estimate of drug-likeness (QED) is 0.155. The fourth-order valence-electron chi connectivity index (χ4n) is 13.3. The average Bonchev–Trinajstić information content (AvgIpc) is 4.14. The summed E-state index contributed by atoms with van der Waals surface area (Å²) in [6, 6.07) is 72.3. The molecule has 0 aromatic heterocycles. The van der Waals surface area contributed by atoms with Gasteiger partial charge in [0.1, 0.15) is 0 Å². The van der Waals surface area contributed by atoms with E-state index in [1.54, 1.807) is 0 Å². The standard InChI is InChI=1S/C62H53N/c1-2-12-42(13-3-1)43-24-26-44(27-25-43)51-14-4-5-15-52(51)45-28-32-48(33-29-45)63(49-34-30-46(31-35-49)57-39-41-22-23-47(57)38-41)50-36-37-56-55-18-8-11-21-60(55)62(61(56)40-50)58-19-9-6-16-53(58)54-17-7-10-20-59(54)62/h4-11,14-21,24-37,40-42,47,57H,1-3,12-13,22-23,38-39H2. The number of fused-ring (bicyclic) bond motifs is 12. The Morgan fingerprint density at radius 3 is 1.38 bits per heavy atom. The summed E-state index contributed by atoms with van der Waals surface area (Å²) >= 11 is 0. The van der Waals surface area contributed by atoms with Crippen molar-refractivity contribution in [1.82, 2.24) is 0 Å². The second kappa shape index (κ2) is 14.8. The SMILES string of the molecule is c1ccc(-c2ccc(N(c3ccc(C4CC5CCC4C5)cc3)c3ccc4c(c3)C3(c5ccccc5-c5ccccc53)c3ccccc3-4)cc2)c(-c2ccc(C3CCCCC3)cc2)c1. The maximum Gasteiger partial charge on any atom is 0.0726 e. The highest BCUT2D eigenvalue weighted by Crippen LogP contribution is 2.63. The molecule has 63 heavy (non-hydrogen) atoms. The van der Waals surface area contributed by atoms with Crippen LogP contribution in [0.3, 0.4) is 0 Å². The minimum absolute atomic E-state index is 0.394. The number of benzene rings is 8. The van der Waals surface area contributed by atoms with Crippen LogP contribution in [0, 0.1) is 11.8 Å². The summed E-state index contributed by atoms with van der Waals surface area (Å²) < 4.78 is 0. The molecule has 0 radical (unpaired) electrons. The van der Waals surface area contributed by atoms with Gasteiger partial charge in [0.15, 0.2) is 0 Å². The van der Waals surface area contributed by atoms with Crippen molar-refractivity contribution in [2.75, 3.05) is 4.90 Å². The molecule has 0 amide bonds. The van der Waals surface area contributed by atoms with Crippen molar-refractivity contribution in [3.8, 4) is 44.5 Å². The van der Waals surface area contributed by atoms with Gasteiger partial charge in [-0.3, -0.25) is 0 Å². The van der Waals surface area contributed by atoms with Gasteiger partial charge in [-0.2, -0.15) is 0 Å². The molecular weight excluding hydrogens is 759 g/mol. The van der Waals surface area contributed by atoms with Crippen molar-refractivity contribution >= 4 is 17.1 Å². The summed E-state index contributed by atoms with van der Waals surface area (Å²) in [5.41, 5.74) is 22.1. The molecule has 3 saturated carbocycles. The highest BCUT2D eigenvalue weighted by Gasteiger charge is 2.51. The predicted molar refractivity (Wildman–Crippen MR) is 262 cm³/mol. The van der Waals surface area contributed by atoms with E-state index in [0.29, 0.717) is 11.8 Å². The Morgan fingerprint density at radius 1 is 0.365 bits per heavy atom. The van der Waals surface area contributed by atoms with Crippen molar-refractivity contribution < 1.29 is 0 Å². The lowest BCUT2D eigenvalue weighted by Gasteiger charge is -2.32. The molecule has 3 fully saturated rings. The van der Waals surface area contributed by atoms with E-state index in [1.807, 2.05) is 0 Å². The molecular formula is C62H53N. The summed E-state index contributed by atoms with van der Waals surface area (Å²) in [6.07, 6.45) is 12.4. The Balaban J connectivity index is 0.928. The van der Waals surface area contributed by atoms with Gasteiger partial charge in [-0.05, 0) is 170 Å². The molecule has 0 saturated heterocycles. The minimum Gasteiger partial charge on any atom is -0.310 e. The largest absolute Gasteiger partial charge is 0.310 e. The van der Waals surface area contributed by atoms with E-state index in [2.05, 4.69) is 193 Å². The van der Waals surface area contributed by atoms with Crippen LogP contribution in [0.5, 0.6) is 0 Å². The minimum atomic E-state index is -0.394. The molecule has 306 valence electrons. The van der Waals surface area contributed by atoms with E-state index < -0.39 is 5.41 Å². The number of hydrogen-bond acceptors (Lipinski definition) is 1. The van der Waals surface area contributed by atoms with Crippen molar-refractivity contribution in [2.45, 2.75) is 75.0 Å². The van der Waals surface area contributed by atoms with Crippen LogP contribution in [0.25, 0.3) is 44.5 Å². The molecule has 8 aromatic rings. The van der Waals surface area contributed by atoms with Crippen LogP contribution in [0.4, 0.5) is 17.1 Å². The van der Waals surface area contributed by atoms with Crippen LogP contribution in [0.2, 0.25) is 0 Å². The van der Waals surface area contributed by atoms with E-state index in [0.717, 1.165) is 17.5 Å². The van der Waals surface area contributed by atoms with Gasteiger partial charge in [-0.25, -0.2) is 0 Å². The maximum absolute atomic E-state index is 2.53. The lowest BCUT2D eigenvalue weighted by Crippen LogP contribution is -2.26. The van der Waals surface area contributed by atoms with E-state index in [-0.39, 0.29) is 0 Å². The van der Waals surface area contributed by atoms with E-state index in [1.165, 1.54) is 147 Å². The summed E-state index contributed by atoms with van der Waals surface area (Å²) in [5.74, 6) is 3.20. The first-order chi connectivity index (χ1) is 31.2. The zero-order valence-corrected chi connectivity index (χ0v) is 36.0. The highest BCUT2D eigenvalue weighted by atomic mass is 15.1. The molecule has 0 N–H and O–H groups in total. The Morgan fingerprint density at radius 2 is 0.841 bits per heavy atom. The van der Waals surface area contributed by atoms with Gasteiger partial charge < -0.3 is 4.90 Å². The number of anilines is 3. The van der Waals surface area contributed by atoms with E-state index in [4.69, 9.17) is 0 Å². The van der Waals surface area contributed by atoms with Gasteiger partial charge in [0.05, 0.1) is 5.41 Å². The van der Waals surface area contributed by atoms with Crippen LogP contribution in [-0.2, 0) is 5.41 Å². The Bertz CT molecular complexity index is 2940. The first-order valence-electron chi connectivity index (χ1n) is 23.9. The molecule has 3 unspecified atom stereocenters. The maximum atomic E-state index is 2.53. The van der Waals surface area contributed by atoms with Crippen molar-refractivity contribution in [3.05, 3.63) is 221 Å². The Kier molecular flexibility index (Phi) is 8.75. The van der Waals surface area contributed by atoms with Crippen molar-refractivity contribution in [1.29, 1.82) is 0 Å². The number of nitrogens with zero attached hydrogens (tertiary/aromatic N) is 1.